The van der Waals surface area contributed by atoms with Crippen LogP contribution in [0.5, 0.6) is 0 Å². The van der Waals surface area contributed by atoms with E-state index in [1.54, 1.807) is 0 Å². The van der Waals surface area contributed by atoms with Crippen LogP contribution in [0.4, 0.5) is 0 Å². The van der Waals surface area contributed by atoms with Crippen LogP contribution in [0.15, 0.2) is 70.5 Å². The molecule has 0 bridgehead atoms. The molecule has 5 rings (SSSR count). The van der Waals surface area contributed by atoms with Gasteiger partial charge < -0.3 is 0 Å². The number of hydrogen-bond acceptors (Lipinski definition) is 1. The molecular weight excluding hydrogens is 298 g/mol. The van der Waals surface area contributed by atoms with Gasteiger partial charge in [0.05, 0.1) is 16.3 Å². The molecule has 0 saturated carbocycles. The van der Waals surface area contributed by atoms with Crippen LogP contribution in [-0.2, 0) is 7.05 Å². The Morgan fingerprint density at radius 2 is 1.65 bits per heavy atom. The number of nitrogens with zero attached hydrogens (tertiary/aromatic N) is 1. The van der Waals surface area contributed by atoms with Gasteiger partial charge in [0.1, 0.15) is 7.05 Å². The maximum atomic E-state index is 2.37. The Labute approximate surface area is 139 Å². The van der Waals surface area contributed by atoms with Crippen LogP contribution in [0.3, 0.4) is 0 Å². The molecule has 0 radical (unpaired) electrons. The number of hydrogen-bond donors (Lipinski definition) is 0. The van der Waals surface area contributed by atoms with Gasteiger partial charge in [-0.15, -0.1) is 0 Å². The molecule has 0 atom stereocenters. The molecular formula is C21H16NS+. The van der Waals surface area contributed by atoms with Crippen LogP contribution in [-0.4, -0.2) is 0 Å². The predicted molar refractivity (Wildman–Crippen MR) is 96.9 cm³/mol. The fraction of sp³-hybridized carbons (Fsp3) is 0.0952. The average Bonchev–Trinajstić information content (AvgIpc) is 2.58. The minimum absolute atomic E-state index is 1.30. The molecule has 1 nitrogen and oxygen atoms in total. The van der Waals surface area contributed by atoms with Crippen molar-refractivity contribution < 1.29 is 4.57 Å². The zero-order valence-corrected chi connectivity index (χ0v) is 13.9. The summed E-state index contributed by atoms with van der Waals surface area (Å²) in [6.07, 6.45) is 0. The van der Waals surface area contributed by atoms with Crippen LogP contribution in [0.25, 0.3) is 32.9 Å². The highest BCUT2D eigenvalue weighted by molar-refractivity contribution is 7.99. The zero-order chi connectivity index (χ0) is 15.6. The van der Waals surface area contributed by atoms with Crippen molar-refractivity contribution in [2.75, 3.05) is 0 Å². The Kier molecular flexibility index (Phi) is 2.62. The van der Waals surface area contributed by atoms with E-state index in [2.05, 4.69) is 79.2 Å². The summed E-state index contributed by atoms with van der Waals surface area (Å²) in [4.78, 5) is 2.70. The Bertz CT molecular complexity index is 1110. The summed E-state index contributed by atoms with van der Waals surface area (Å²) in [6.45, 7) is 2.16. The first kappa shape index (κ1) is 13.1. The summed E-state index contributed by atoms with van der Waals surface area (Å²) in [6, 6.07) is 22.2. The Morgan fingerprint density at radius 3 is 2.57 bits per heavy atom. The SMILES string of the molecule is Cc1ccc2c3cccc4c3c([n+](C)c2c1)-c1ccccc1S4. The van der Waals surface area contributed by atoms with Crippen molar-refractivity contribution in [3.8, 4) is 11.3 Å². The van der Waals surface area contributed by atoms with Crippen molar-refractivity contribution >= 4 is 33.4 Å². The Hall–Kier alpha value is -2.32. The normalized spacial score (nSPS) is 12.6. The third-order valence-electron chi connectivity index (χ3n) is 4.77. The van der Waals surface area contributed by atoms with E-state index in [1.807, 2.05) is 11.8 Å². The van der Waals surface area contributed by atoms with Gasteiger partial charge in [-0.25, -0.2) is 0 Å². The third-order valence-corrected chi connectivity index (χ3v) is 5.90. The second kappa shape index (κ2) is 4.59. The molecule has 110 valence electrons. The summed E-state index contributed by atoms with van der Waals surface area (Å²) >= 11 is 1.88. The van der Waals surface area contributed by atoms with Crippen molar-refractivity contribution in [3.05, 3.63) is 66.2 Å². The molecule has 0 aliphatic carbocycles. The van der Waals surface area contributed by atoms with Gasteiger partial charge in [0.2, 0.25) is 11.2 Å². The highest BCUT2D eigenvalue weighted by Gasteiger charge is 2.28. The van der Waals surface area contributed by atoms with E-state index in [0.29, 0.717) is 0 Å². The Morgan fingerprint density at radius 1 is 0.826 bits per heavy atom. The first-order valence-electron chi connectivity index (χ1n) is 7.86. The number of aromatic nitrogens is 1. The fourth-order valence-electron chi connectivity index (χ4n) is 3.71. The van der Waals surface area contributed by atoms with Crippen molar-refractivity contribution in [1.82, 2.24) is 0 Å². The first-order valence-corrected chi connectivity index (χ1v) is 8.68. The molecule has 0 fully saturated rings. The standard InChI is InChI=1S/C21H16NS/c1-13-10-11-14-15-7-5-9-19-20(15)21(22(2)17(14)12-13)16-6-3-4-8-18(16)23-19/h3-12H,1-2H3/q+1. The molecule has 3 aromatic carbocycles. The van der Waals surface area contributed by atoms with E-state index in [0.717, 1.165) is 0 Å². The second-order valence-electron chi connectivity index (χ2n) is 6.21. The molecule has 0 N–H and O–H groups in total. The van der Waals surface area contributed by atoms with E-state index >= 15 is 0 Å². The molecule has 0 saturated heterocycles. The average molecular weight is 314 g/mol. The summed E-state index contributed by atoms with van der Waals surface area (Å²) in [7, 11) is 2.19. The van der Waals surface area contributed by atoms with E-state index in [1.165, 1.54) is 48.3 Å². The van der Waals surface area contributed by atoms with Crippen molar-refractivity contribution in [2.45, 2.75) is 16.7 Å². The lowest BCUT2D eigenvalue weighted by atomic mass is 9.98. The minimum Gasteiger partial charge on any atom is -0.193 e. The number of pyridine rings is 1. The molecule has 1 aromatic heterocycles. The summed E-state index contributed by atoms with van der Waals surface area (Å²) in [5.74, 6) is 0. The van der Waals surface area contributed by atoms with Gasteiger partial charge in [-0.1, -0.05) is 42.1 Å². The highest BCUT2D eigenvalue weighted by Crippen LogP contribution is 2.47. The molecule has 0 amide bonds. The van der Waals surface area contributed by atoms with Gasteiger partial charge in [0.15, 0.2) is 0 Å². The van der Waals surface area contributed by atoms with Gasteiger partial charge in [-0.2, -0.15) is 4.57 Å². The number of fused-ring (bicyclic) bond motifs is 4. The third kappa shape index (κ3) is 1.73. The molecule has 2 heterocycles. The van der Waals surface area contributed by atoms with Crippen LogP contribution >= 0.6 is 11.8 Å². The molecule has 4 aromatic rings. The van der Waals surface area contributed by atoms with E-state index < -0.39 is 0 Å². The topological polar surface area (TPSA) is 3.88 Å². The smallest absolute Gasteiger partial charge is 0.193 e. The number of benzene rings is 3. The zero-order valence-electron chi connectivity index (χ0n) is 13.1. The lowest BCUT2D eigenvalue weighted by molar-refractivity contribution is -0.632. The fourth-order valence-corrected chi connectivity index (χ4v) is 4.82. The van der Waals surface area contributed by atoms with E-state index in [4.69, 9.17) is 0 Å². The molecule has 23 heavy (non-hydrogen) atoms. The summed E-state index contributed by atoms with van der Waals surface area (Å²) in [5.41, 5.74) is 5.27. The van der Waals surface area contributed by atoms with Crippen LogP contribution < -0.4 is 4.57 Å². The maximum absolute atomic E-state index is 2.37. The van der Waals surface area contributed by atoms with Crippen LogP contribution in [0.2, 0.25) is 0 Å². The van der Waals surface area contributed by atoms with Gasteiger partial charge in [-0.3, -0.25) is 0 Å². The summed E-state index contributed by atoms with van der Waals surface area (Å²) in [5, 5.41) is 4.07. The molecule has 0 unspecified atom stereocenters. The van der Waals surface area contributed by atoms with Gasteiger partial charge in [-0.05, 0) is 36.8 Å². The summed E-state index contributed by atoms with van der Waals surface area (Å²) < 4.78 is 2.37. The molecule has 0 spiro atoms. The lowest BCUT2D eigenvalue weighted by Crippen LogP contribution is -2.33. The van der Waals surface area contributed by atoms with Crippen molar-refractivity contribution in [3.63, 3.8) is 0 Å². The monoisotopic (exact) mass is 314 g/mol. The Balaban J connectivity index is 2.10. The maximum Gasteiger partial charge on any atom is 0.222 e. The second-order valence-corrected chi connectivity index (χ2v) is 7.29. The van der Waals surface area contributed by atoms with Crippen LogP contribution in [0, 0.1) is 6.92 Å². The first-order chi connectivity index (χ1) is 11.2. The largest absolute Gasteiger partial charge is 0.222 e. The van der Waals surface area contributed by atoms with Crippen molar-refractivity contribution in [2.24, 2.45) is 7.05 Å². The van der Waals surface area contributed by atoms with Crippen molar-refractivity contribution in [1.29, 1.82) is 0 Å². The molecule has 1 aliphatic rings. The van der Waals surface area contributed by atoms with Crippen LogP contribution in [0.1, 0.15) is 5.56 Å². The lowest BCUT2D eigenvalue weighted by Gasteiger charge is -2.19. The molecule has 2 heteroatoms. The van der Waals surface area contributed by atoms with E-state index in [9.17, 15) is 0 Å². The molecule has 1 aliphatic heterocycles. The quantitative estimate of drug-likeness (QED) is 0.279. The number of aryl methyl sites for hydroxylation is 2. The van der Waals surface area contributed by atoms with Gasteiger partial charge >= 0.3 is 0 Å². The predicted octanol–water partition coefficient (Wildman–Crippen LogP) is 5.26. The van der Waals surface area contributed by atoms with Gasteiger partial charge in [0.25, 0.3) is 0 Å². The highest BCUT2D eigenvalue weighted by atomic mass is 32.2. The van der Waals surface area contributed by atoms with E-state index in [-0.39, 0.29) is 0 Å². The number of rotatable bonds is 0. The van der Waals surface area contributed by atoms with Gasteiger partial charge in [0, 0.05) is 21.2 Å². The minimum atomic E-state index is 1.30.